The molecule has 21 heteroatoms. The van der Waals surface area contributed by atoms with Gasteiger partial charge in [-0.2, -0.15) is 24.6 Å². The molecule has 6 N–H and O–H groups in total. The number of halogens is 2. The number of nitrogens with two attached hydrogens (primary N) is 1. The molecule has 2 unspecified atom stereocenters. The number of hydrogen-bond donors (Lipinski definition) is 5. The van der Waals surface area contributed by atoms with Gasteiger partial charge in [-0.15, -0.1) is 6.42 Å². The Labute approximate surface area is 315 Å². The van der Waals surface area contributed by atoms with Crippen LogP contribution in [0.1, 0.15) is 46.9 Å². The first-order chi connectivity index (χ1) is 24.7. The Morgan fingerprint density at radius 3 is 2.62 bits per heavy atom. The maximum absolute atomic E-state index is 14.5. The minimum atomic E-state index is -3.10. The van der Waals surface area contributed by atoms with Crippen LogP contribution in [0.25, 0.3) is 0 Å². The molecule has 1 aromatic carbocycles. The van der Waals surface area contributed by atoms with Crippen molar-refractivity contribution >= 4 is 65.7 Å². The number of hydrogen-bond acceptors (Lipinski definition) is 14. The summed E-state index contributed by atoms with van der Waals surface area (Å²) in [6.07, 6.45) is 6.22. The predicted octanol–water partition coefficient (Wildman–Crippen LogP) is 3.62. The van der Waals surface area contributed by atoms with Crippen molar-refractivity contribution in [3.63, 3.8) is 0 Å². The highest BCUT2D eigenvalue weighted by atomic mass is 35.5. The van der Waals surface area contributed by atoms with Gasteiger partial charge in [0.2, 0.25) is 22.0 Å². The average molecular weight is 794 g/mol. The van der Waals surface area contributed by atoms with Gasteiger partial charge in [-0.1, -0.05) is 19.8 Å². The van der Waals surface area contributed by atoms with E-state index < -0.39 is 30.7 Å². The summed E-state index contributed by atoms with van der Waals surface area (Å²) >= 11 is 6.97. The Bertz CT molecular complexity index is 2020. The summed E-state index contributed by atoms with van der Waals surface area (Å²) in [6.45, 7) is 12.3. The SMILES string of the molecule is C#CCN1C(=O)COc2cc(F)c(/N=c3\snc4n3CC(C)(C)C4)cc21.CCNc1nc(Cl)nc(NC(C)(C)C#N)n1.CP(=O)(O)CCC(N)C(=O)O. The van der Waals surface area contributed by atoms with Crippen LogP contribution in [-0.2, 0) is 27.1 Å². The van der Waals surface area contributed by atoms with E-state index in [4.69, 9.17) is 43.8 Å². The summed E-state index contributed by atoms with van der Waals surface area (Å²) in [5.41, 5.74) is 5.01. The number of nitriles is 1. The number of carboxylic acid groups (broad SMARTS) is 1. The van der Waals surface area contributed by atoms with E-state index in [-0.39, 0.29) is 54.0 Å². The fourth-order valence-corrected chi connectivity index (χ4v) is 6.37. The number of aromatic nitrogens is 5. The van der Waals surface area contributed by atoms with Gasteiger partial charge in [-0.25, -0.2) is 9.38 Å². The van der Waals surface area contributed by atoms with Gasteiger partial charge in [0.1, 0.15) is 28.8 Å². The van der Waals surface area contributed by atoms with Gasteiger partial charge in [0.05, 0.1) is 18.3 Å². The molecule has 0 bridgehead atoms. The second-order valence-electron chi connectivity index (χ2n) is 13.3. The highest BCUT2D eigenvalue weighted by molar-refractivity contribution is 7.57. The molecule has 5 rings (SSSR count). The van der Waals surface area contributed by atoms with E-state index in [0.717, 1.165) is 18.8 Å². The third-order valence-electron chi connectivity index (χ3n) is 7.25. The smallest absolute Gasteiger partial charge is 0.320 e. The van der Waals surface area contributed by atoms with Crippen LogP contribution >= 0.6 is 30.5 Å². The number of nitrogens with one attached hydrogen (secondary N) is 2. The van der Waals surface area contributed by atoms with Gasteiger partial charge in [0.15, 0.2) is 19.8 Å². The molecule has 0 saturated heterocycles. The van der Waals surface area contributed by atoms with E-state index in [2.05, 4.69) is 60.8 Å². The van der Waals surface area contributed by atoms with Gasteiger partial charge >= 0.3 is 5.97 Å². The molecular weight excluding hydrogens is 752 g/mol. The number of ether oxygens (including phenoxy) is 1. The lowest BCUT2D eigenvalue weighted by atomic mass is 9.92. The lowest BCUT2D eigenvalue weighted by Gasteiger charge is -2.28. The number of nitrogens with zero attached hydrogens (tertiary/aromatic N) is 8. The van der Waals surface area contributed by atoms with Crippen LogP contribution in [0.3, 0.4) is 0 Å². The summed E-state index contributed by atoms with van der Waals surface area (Å²) < 4.78 is 37.0. The number of rotatable bonds is 10. The largest absolute Gasteiger partial charge is 0.481 e. The van der Waals surface area contributed by atoms with Crippen molar-refractivity contribution in [2.24, 2.45) is 16.1 Å². The first-order valence-corrected chi connectivity index (χ1v) is 19.5. The summed E-state index contributed by atoms with van der Waals surface area (Å²) in [5, 5.41) is 23.0. The molecule has 0 aliphatic carbocycles. The Morgan fingerprint density at radius 1 is 1.34 bits per heavy atom. The number of benzene rings is 1. The number of carbonyl (C=O) groups is 2. The second-order valence-corrected chi connectivity index (χ2v) is 16.9. The molecule has 0 saturated carbocycles. The molecule has 0 fully saturated rings. The minimum absolute atomic E-state index is 0.0412. The lowest BCUT2D eigenvalue weighted by Crippen LogP contribution is -2.39. The normalized spacial score (nSPS) is 16.1. The van der Waals surface area contributed by atoms with Crippen molar-refractivity contribution in [3.05, 3.63) is 33.9 Å². The zero-order valence-electron chi connectivity index (χ0n) is 30.1. The van der Waals surface area contributed by atoms with Crippen molar-refractivity contribution < 1.29 is 33.3 Å². The van der Waals surface area contributed by atoms with Crippen molar-refractivity contribution in [2.45, 2.75) is 65.6 Å². The maximum Gasteiger partial charge on any atom is 0.320 e. The molecule has 2 aliphatic heterocycles. The zero-order valence-corrected chi connectivity index (χ0v) is 32.5. The van der Waals surface area contributed by atoms with Crippen molar-refractivity contribution in [1.82, 2.24) is 23.9 Å². The first-order valence-electron chi connectivity index (χ1n) is 16.1. The summed E-state index contributed by atoms with van der Waals surface area (Å²) in [6, 6.07) is 3.81. The molecular formula is C32H42ClFN11O6PS. The first kappa shape index (κ1) is 42.8. The molecule has 3 aromatic rings. The third kappa shape index (κ3) is 12.8. The molecule has 4 heterocycles. The van der Waals surface area contributed by atoms with E-state index in [1.807, 2.05) is 11.5 Å². The number of fused-ring (bicyclic) bond motifs is 2. The second kappa shape index (κ2) is 17.9. The van der Waals surface area contributed by atoms with Crippen LogP contribution in [0.15, 0.2) is 17.1 Å². The van der Waals surface area contributed by atoms with Gasteiger partial charge in [0.25, 0.3) is 5.91 Å². The fourth-order valence-electron chi connectivity index (χ4n) is 4.70. The van der Waals surface area contributed by atoms with E-state index in [9.17, 15) is 18.5 Å². The number of aliphatic carboxylic acids is 1. The molecule has 17 nitrogen and oxygen atoms in total. The Hall–Kier alpha value is -4.65. The monoisotopic (exact) mass is 793 g/mol. The Kier molecular flexibility index (Phi) is 14.5. The van der Waals surface area contributed by atoms with Crippen LogP contribution in [0.4, 0.5) is 27.7 Å². The number of terminal acetylenes is 1. The van der Waals surface area contributed by atoms with E-state index in [0.29, 0.717) is 28.7 Å². The number of carbonyl (C=O) groups excluding carboxylic acids is 1. The highest BCUT2D eigenvalue weighted by Gasteiger charge is 2.31. The highest BCUT2D eigenvalue weighted by Crippen LogP contribution is 2.38. The van der Waals surface area contributed by atoms with Gasteiger partial charge in [-0.05, 0) is 50.3 Å². The molecule has 2 aliphatic rings. The topological polar surface area (TPSA) is 247 Å². The third-order valence-corrected chi connectivity index (χ3v) is 9.29. The molecule has 2 atom stereocenters. The summed E-state index contributed by atoms with van der Waals surface area (Å²) in [5.74, 6) is 2.45. The van der Waals surface area contributed by atoms with Crippen molar-refractivity contribution in [2.75, 3.05) is 48.1 Å². The summed E-state index contributed by atoms with van der Waals surface area (Å²) in [7, 11) is -3.10. The van der Waals surface area contributed by atoms with Crippen LogP contribution in [-0.4, -0.2) is 89.9 Å². The van der Waals surface area contributed by atoms with E-state index in [1.165, 1.54) is 35.2 Å². The molecule has 0 radical (unpaired) electrons. The van der Waals surface area contributed by atoms with E-state index >= 15 is 0 Å². The van der Waals surface area contributed by atoms with Crippen LogP contribution in [0, 0.1) is 34.9 Å². The van der Waals surface area contributed by atoms with E-state index in [1.54, 1.807) is 13.8 Å². The van der Waals surface area contributed by atoms with Crippen LogP contribution in [0.2, 0.25) is 5.28 Å². The van der Waals surface area contributed by atoms with Crippen LogP contribution in [0.5, 0.6) is 5.75 Å². The van der Waals surface area contributed by atoms with Gasteiger partial charge in [-0.3, -0.25) is 19.1 Å². The molecule has 53 heavy (non-hydrogen) atoms. The molecule has 286 valence electrons. The summed E-state index contributed by atoms with van der Waals surface area (Å²) in [4.78, 5) is 49.3. The van der Waals surface area contributed by atoms with Crippen molar-refractivity contribution in [3.8, 4) is 24.2 Å². The number of carboxylic acids is 1. The molecule has 1 amide bonds. The van der Waals surface area contributed by atoms with Crippen molar-refractivity contribution in [1.29, 1.82) is 5.26 Å². The molecule has 2 aromatic heterocycles. The van der Waals surface area contributed by atoms with Crippen LogP contribution < -0.4 is 30.8 Å². The molecule has 0 spiro atoms. The fraction of sp³-hybridized carbons (Fsp3) is 0.500. The standard InChI is InChI=1S/C18H17FN4O2S.C9H13ClN6.C5H12NO4P/c1-4-5-22-13-7-12(11(19)6-14(13)25-9-16(22)24)20-17-23-10-18(2,3)8-15(23)21-26-17;1-4-12-7-13-6(10)14-8(15-7)16-9(2,3)5-11;1-11(9,10)3-2-4(6)5(7)8/h1,6-7H,5,8-10H2,2-3H3;4H2,1-3H3,(H2,12,13,14,15,16);4H,2-3,6H2,1H3,(H,7,8)(H,9,10)/b20-17-;;. The quantitative estimate of drug-likeness (QED) is 0.145. The predicted molar refractivity (Wildman–Crippen MR) is 199 cm³/mol. The number of anilines is 3. The Balaban J connectivity index is 0.000000240. The lowest BCUT2D eigenvalue weighted by molar-refractivity contribution is -0.138. The minimum Gasteiger partial charge on any atom is -0.481 e. The maximum atomic E-state index is 14.5. The zero-order chi connectivity index (χ0) is 39.7. The van der Waals surface area contributed by atoms with Gasteiger partial charge in [0, 0.05) is 49.9 Å². The number of amides is 1. The average Bonchev–Trinajstić information content (AvgIpc) is 3.56. The Morgan fingerprint density at radius 2 is 2.02 bits per heavy atom. The van der Waals surface area contributed by atoms with Gasteiger partial charge < -0.3 is 35.7 Å².